The van der Waals surface area contributed by atoms with E-state index in [1.807, 2.05) is 23.1 Å². The Bertz CT molecular complexity index is 1030. The van der Waals surface area contributed by atoms with Gasteiger partial charge in [0.15, 0.2) is 0 Å². The number of amides is 2. The highest BCUT2D eigenvalue weighted by atomic mass is 35.5. The first kappa shape index (κ1) is 24.8. The fourth-order valence-electron chi connectivity index (χ4n) is 5.12. The van der Waals surface area contributed by atoms with Gasteiger partial charge < -0.3 is 15.3 Å². The standard InChI is InChI=1S/C26H30Cl2N4O2/c27-21-13-22(28)15-23(14-21)30-26(34)32(11-10-31-9-8-25(33)17-31)24-6-4-19(5-7-24)20-3-1-2-18(12-20)16-29/h1-3,12-15,19,24-25,33H,4-11,17H2,(H,30,34)/t19?,24?,25-/m0/s1. The van der Waals surface area contributed by atoms with E-state index in [2.05, 4.69) is 22.4 Å². The second-order valence-electron chi connectivity index (χ2n) is 9.27. The molecule has 180 valence electrons. The van der Waals surface area contributed by atoms with E-state index in [9.17, 15) is 15.2 Å². The number of urea groups is 1. The van der Waals surface area contributed by atoms with E-state index >= 15 is 0 Å². The van der Waals surface area contributed by atoms with Gasteiger partial charge in [-0.2, -0.15) is 5.26 Å². The molecule has 1 saturated heterocycles. The lowest BCUT2D eigenvalue weighted by Gasteiger charge is -2.38. The summed E-state index contributed by atoms with van der Waals surface area (Å²) in [7, 11) is 0. The van der Waals surface area contributed by atoms with Crippen LogP contribution in [0.15, 0.2) is 42.5 Å². The third-order valence-corrected chi connectivity index (χ3v) is 7.34. The number of carbonyl (C=O) groups excluding carboxylic acids is 1. The highest BCUT2D eigenvalue weighted by Gasteiger charge is 2.31. The summed E-state index contributed by atoms with van der Waals surface area (Å²) in [6, 6.07) is 15.1. The van der Waals surface area contributed by atoms with Crippen LogP contribution in [-0.2, 0) is 0 Å². The largest absolute Gasteiger partial charge is 0.392 e. The number of nitrogens with one attached hydrogen (secondary N) is 1. The number of nitrogens with zero attached hydrogens (tertiary/aromatic N) is 3. The van der Waals surface area contributed by atoms with Crippen molar-refractivity contribution >= 4 is 34.9 Å². The minimum atomic E-state index is -0.282. The van der Waals surface area contributed by atoms with Crippen molar-refractivity contribution < 1.29 is 9.90 Å². The van der Waals surface area contributed by atoms with Gasteiger partial charge in [-0.15, -0.1) is 0 Å². The highest BCUT2D eigenvalue weighted by Crippen LogP contribution is 2.35. The first-order valence-corrected chi connectivity index (χ1v) is 12.6. The van der Waals surface area contributed by atoms with Crippen LogP contribution in [0.1, 0.15) is 49.1 Å². The summed E-state index contributed by atoms with van der Waals surface area (Å²) >= 11 is 12.2. The summed E-state index contributed by atoms with van der Waals surface area (Å²) in [6.07, 6.45) is 4.22. The molecule has 0 radical (unpaired) electrons. The van der Waals surface area contributed by atoms with Gasteiger partial charge in [0, 0.05) is 48.0 Å². The molecule has 1 saturated carbocycles. The molecule has 1 heterocycles. The number of carbonyl (C=O) groups is 1. The number of benzene rings is 2. The number of β-amino-alcohol motifs (C(OH)–C–C–N with tert-alkyl or cyclic N) is 1. The van der Waals surface area contributed by atoms with Crippen molar-refractivity contribution in [3.8, 4) is 6.07 Å². The van der Waals surface area contributed by atoms with Gasteiger partial charge in [-0.25, -0.2) is 4.79 Å². The quantitative estimate of drug-likeness (QED) is 0.549. The van der Waals surface area contributed by atoms with Crippen molar-refractivity contribution in [1.29, 1.82) is 5.26 Å². The minimum Gasteiger partial charge on any atom is -0.392 e. The Balaban J connectivity index is 1.43. The summed E-state index contributed by atoms with van der Waals surface area (Å²) in [4.78, 5) is 17.5. The Hall–Kier alpha value is -2.30. The molecule has 1 atom stereocenters. The lowest BCUT2D eigenvalue weighted by Crippen LogP contribution is -2.47. The van der Waals surface area contributed by atoms with Crippen LogP contribution in [0.25, 0.3) is 0 Å². The van der Waals surface area contributed by atoms with Crippen molar-refractivity contribution in [3.63, 3.8) is 0 Å². The average Bonchev–Trinajstić information content (AvgIpc) is 3.24. The van der Waals surface area contributed by atoms with Crippen LogP contribution in [0.5, 0.6) is 0 Å². The fraction of sp³-hybridized carbons (Fsp3) is 0.462. The summed E-state index contributed by atoms with van der Waals surface area (Å²) in [5.41, 5.74) is 2.47. The summed E-state index contributed by atoms with van der Waals surface area (Å²) in [5.74, 6) is 0.398. The van der Waals surface area contributed by atoms with E-state index in [0.29, 0.717) is 40.3 Å². The van der Waals surface area contributed by atoms with Crippen LogP contribution in [0, 0.1) is 11.3 Å². The Kier molecular flexibility index (Phi) is 8.33. The number of hydrogen-bond acceptors (Lipinski definition) is 4. The molecular formula is C26H30Cl2N4O2. The van der Waals surface area contributed by atoms with E-state index in [-0.39, 0.29) is 18.2 Å². The number of anilines is 1. The lowest BCUT2D eigenvalue weighted by molar-refractivity contribution is 0.143. The molecule has 0 bridgehead atoms. The fourth-order valence-corrected chi connectivity index (χ4v) is 5.64. The lowest BCUT2D eigenvalue weighted by atomic mass is 9.81. The maximum atomic E-state index is 13.4. The molecule has 34 heavy (non-hydrogen) atoms. The summed E-state index contributed by atoms with van der Waals surface area (Å²) < 4.78 is 0. The van der Waals surface area contributed by atoms with Crippen LogP contribution in [0.2, 0.25) is 10.0 Å². The Morgan fingerprint density at radius 2 is 1.85 bits per heavy atom. The zero-order valence-corrected chi connectivity index (χ0v) is 20.6. The molecule has 8 heteroatoms. The van der Waals surface area contributed by atoms with E-state index in [0.717, 1.165) is 45.2 Å². The Labute approximate surface area is 211 Å². The molecule has 0 unspecified atom stereocenters. The van der Waals surface area contributed by atoms with Gasteiger partial charge in [0.2, 0.25) is 0 Å². The second-order valence-corrected chi connectivity index (χ2v) is 10.1. The third-order valence-electron chi connectivity index (χ3n) is 6.90. The number of hydrogen-bond donors (Lipinski definition) is 2. The zero-order chi connectivity index (χ0) is 24.1. The molecule has 4 rings (SSSR count). The number of aliphatic hydroxyl groups is 1. The SMILES string of the molecule is N#Cc1cccc(C2CCC(N(CCN3CC[C@H](O)C3)C(=O)Nc3cc(Cl)cc(Cl)c3)CC2)c1. The first-order valence-electron chi connectivity index (χ1n) is 11.9. The Morgan fingerprint density at radius 3 is 2.50 bits per heavy atom. The number of halogens is 2. The second kappa shape index (κ2) is 11.4. The number of likely N-dealkylation sites (tertiary alicyclic amines) is 1. The van der Waals surface area contributed by atoms with Crippen LogP contribution in [0.3, 0.4) is 0 Å². The third kappa shape index (κ3) is 6.43. The van der Waals surface area contributed by atoms with Crippen LogP contribution in [0.4, 0.5) is 10.5 Å². The van der Waals surface area contributed by atoms with Gasteiger partial charge in [-0.05, 0) is 73.9 Å². The normalized spacial score (nSPS) is 22.8. The maximum Gasteiger partial charge on any atom is 0.322 e. The molecule has 0 spiro atoms. The van der Waals surface area contributed by atoms with Crippen LogP contribution in [-0.4, -0.2) is 59.3 Å². The van der Waals surface area contributed by atoms with Crippen molar-refractivity contribution in [2.24, 2.45) is 0 Å². The van der Waals surface area contributed by atoms with Crippen molar-refractivity contribution in [3.05, 3.63) is 63.6 Å². The van der Waals surface area contributed by atoms with E-state index < -0.39 is 0 Å². The molecule has 0 aromatic heterocycles. The molecule has 2 aromatic carbocycles. The predicted octanol–water partition coefficient (Wildman–Crippen LogP) is 5.49. The van der Waals surface area contributed by atoms with Gasteiger partial charge in [-0.1, -0.05) is 35.3 Å². The number of rotatable bonds is 6. The molecule has 1 aliphatic carbocycles. The van der Waals surface area contributed by atoms with E-state index in [1.54, 1.807) is 18.2 Å². The molecular weight excluding hydrogens is 471 g/mol. The number of nitriles is 1. The minimum absolute atomic E-state index is 0.123. The average molecular weight is 501 g/mol. The highest BCUT2D eigenvalue weighted by molar-refractivity contribution is 6.35. The van der Waals surface area contributed by atoms with E-state index in [1.165, 1.54) is 5.56 Å². The molecule has 2 N–H and O–H groups in total. The van der Waals surface area contributed by atoms with Gasteiger partial charge in [0.05, 0.1) is 17.7 Å². The van der Waals surface area contributed by atoms with Gasteiger partial charge in [0.1, 0.15) is 0 Å². The molecule has 2 aromatic rings. The molecule has 1 aliphatic heterocycles. The first-order chi connectivity index (χ1) is 16.4. The topological polar surface area (TPSA) is 79.6 Å². The molecule has 2 fully saturated rings. The maximum absolute atomic E-state index is 13.4. The van der Waals surface area contributed by atoms with Crippen LogP contribution >= 0.6 is 23.2 Å². The molecule has 2 aliphatic rings. The van der Waals surface area contributed by atoms with Crippen molar-refractivity contribution in [2.45, 2.75) is 50.2 Å². The van der Waals surface area contributed by atoms with Crippen molar-refractivity contribution in [1.82, 2.24) is 9.80 Å². The molecule has 6 nitrogen and oxygen atoms in total. The predicted molar refractivity (Wildman–Crippen MR) is 135 cm³/mol. The van der Waals surface area contributed by atoms with E-state index in [4.69, 9.17) is 23.2 Å². The Morgan fingerprint density at radius 1 is 1.12 bits per heavy atom. The van der Waals surface area contributed by atoms with Crippen LogP contribution < -0.4 is 5.32 Å². The monoisotopic (exact) mass is 500 g/mol. The smallest absolute Gasteiger partial charge is 0.322 e. The summed E-state index contributed by atoms with van der Waals surface area (Å²) in [6.45, 7) is 2.82. The summed E-state index contributed by atoms with van der Waals surface area (Å²) in [5, 5.41) is 23.0. The van der Waals surface area contributed by atoms with Gasteiger partial charge in [0.25, 0.3) is 0 Å². The van der Waals surface area contributed by atoms with Crippen molar-refractivity contribution in [2.75, 3.05) is 31.5 Å². The zero-order valence-electron chi connectivity index (χ0n) is 19.1. The molecule has 2 amide bonds. The number of aliphatic hydroxyl groups excluding tert-OH is 1. The van der Waals surface area contributed by atoms with Gasteiger partial charge in [-0.3, -0.25) is 4.90 Å². The van der Waals surface area contributed by atoms with Gasteiger partial charge >= 0.3 is 6.03 Å².